The Kier molecular flexibility index (Phi) is 8.30. The van der Waals surface area contributed by atoms with Crippen LogP contribution in [0.25, 0.3) is 0 Å². The molecule has 150 valence electrons. The molecular formula is C21H27N3O4. The van der Waals surface area contributed by atoms with E-state index in [1.165, 1.54) is 0 Å². The average molecular weight is 385 g/mol. The number of hydrogen-bond donors (Lipinski definition) is 2. The Morgan fingerprint density at radius 2 is 1.61 bits per heavy atom. The highest BCUT2D eigenvalue weighted by atomic mass is 16.5. The molecule has 2 aromatic carbocycles. The Morgan fingerprint density at radius 1 is 0.929 bits per heavy atom. The van der Waals surface area contributed by atoms with Crippen LogP contribution in [0.4, 0.5) is 5.69 Å². The van der Waals surface area contributed by atoms with Crippen molar-refractivity contribution in [3.8, 4) is 11.5 Å². The van der Waals surface area contributed by atoms with Crippen LogP contribution in [0.5, 0.6) is 11.5 Å². The van der Waals surface area contributed by atoms with Gasteiger partial charge in [-0.1, -0.05) is 18.2 Å². The van der Waals surface area contributed by atoms with Crippen LogP contribution in [0.15, 0.2) is 48.5 Å². The summed E-state index contributed by atoms with van der Waals surface area (Å²) in [6.45, 7) is 0.798. The SMILES string of the molecule is COc1ccc(CCNC(=O)CN(C)CC(=O)Nc2cccc(OC)c2)cc1. The van der Waals surface area contributed by atoms with Gasteiger partial charge in [-0.2, -0.15) is 0 Å². The summed E-state index contributed by atoms with van der Waals surface area (Å²) in [6, 6.07) is 14.9. The number of carbonyl (C=O) groups excluding carboxylic acids is 2. The predicted molar refractivity (Wildman–Crippen MR) is 109 cm³/mol. The van der Waals surface area contributed by atoms with E-state index in [4.69, 9.17) is 9.47 Å². The second-order valence-corrected chi connectivity index (χ2v) is 6.40. The van der Waals surface area contributed by atoms with Crippen LogP contribution in [-0.2, 0) is 16.0 Å². The second-order valence-electron chi connectivity index (χ2n) is 6.40. The van der Waals surface area contributed by atoms with Gasteiger partial charge in [-0.15, -0.1) is 0 Å². The molecule has 7 heteroatoms. The van der Waals surface area contributed by atoms with Crippen LogP contribution in [0, 0.1) is 0 Å². The minimum atomic E-state index is -0.193. The molecule has 0 spiro atoms. The van der Waals surface area contributed by atoms with Crippen molar-refractivity contribution < 1.29 is 19.1 Å². The average Bonchev–Trinajstić information content (AvgIpc) is 2.68. The molecule has 0 fully saturated rings. The Bertz CT molecular complexity index is 777. The van der Waals surface area contributed by atoms with Crippen LogP contribution in [-0.4, -0.2) is 57.6 Å². The van der Waals surface area contributed by atoms with E-state index in [1.807, 2.05) is 24.3 Å². The smallest absolute Gasteiger partial charge is 0.238 e. The number of likely N-dealkylation sites (N-methyl/N-ethyl adjacent to an activating group) is 1. The first-order valence-corrected chi connectivity index (χ1v) is 9.02. The number of benzene rings is 2. The third-order valence-corrected chi connectivity index (χ3v) is 4.08. The molecule has 2 N–H and O–H groups in total. The van der Waals surface area contributed by atoms with Gasteiger partial charge in [0.15, 0.2) is 0 Å². The van der Waals surface area contributed by atoms with Crippen LogP contribution in [0.2, 0.25) is 0 Å². The van der Waals surface area contributed by atoms with Gasteiger partial charge in [0.05, 0.1) is 27.3 Å². The fraction of sp³-hybridized carbons (Fsp3) is 0.333. The van der Waals surface area contributed by atoms with Gasteiger partial charge in [-0.05, 0) is 43.3 Å². The normalized spacial score (nSPS) is 10.4. The maximum atomic E-state index is 12.1. The van der Waals surface area contributed by atoms with E-state index >= 15 is 0 Å². The van der Waals surface area contributed by atoms with Crippen LogP contribution >= 0.6 is 0 Å². The van der Waals surface area contributed by atoms with E-state index in [1.54, 1.807) is 50.4 Å². The molecule has 0 aromatic heterocycles. The lowest BCUT2D eigenvalue weighted by atomic mass is 10.1. The van der Waals surface area contributed by atoms with Crippen molar-refractivity contribution in [2.24, 2.45) is 0 Å². The van der Waals surface area contributed by atoms with Crippen molar-refractivity contribution in [3.63, 3.8) is 0 Å². The number of carbonyl (C=O) groups is 2. The molecule has 0 aliphatic rings. The highest BCUT2D eigenvalue weighted by Crippen LogP contribution is 2.16. The van der Waals surface area contributed by atoms with Gasteiger partial charge in [0.2, 0.25) is 11.8 Å². The summed E-state index contributed by atoms with van der Waals surface area (Å²) in [5.41, 5.74) is 1.77. The molecule has 2 rings (SSSR count). The first-order chi connectivity index (χ1) is 13.5. The van der Waals surface area contributed by atoms with Gasteiger partial charge >= 0.3 is 0 Å². The number of nitrogens with zero attached hydrogens (tertiary/aromatic N) is 1. The number of nitrogens with one attached hydrogen (secondary N) is 2. The monoisotopic (exact) mass is 385 g/mol. The molecule has 0 saturated carbocycles. The molecule has 7 nitrogen and oxygen atoms in total. The zero-order valence-electron chi connectivity index (χ0n) is 16.5. The van der Waals surface area contributed by atoms with Gasteiger partial charge in [-0.3, -0.25) is 14.5 Å². The van der Waals surface area contributed by atoms with E-state index in [9.17, 15) is 9.59 Å². The molecule has 0 atom stereocenters. The number of methoxy groups -OCH3 is 2. The zero-order valence-corrected chi connectivity index (χ0v) is 16.5. The van der Waals surface area contributed by atoms with Crippen molar-refractivity contribution in [1.29, 1.82) is 0 Å². The molecule has 0 aliphatic carbocycles. The number of rotatable bonds is 10. The molecular weight excluding hydrogens is 358 g/mol. The summed E-state index contributed by atoms with van der Waals surface area (Å²) in [5.74, 6) is 1.16. The van der Waals surface area contributed by atoms with Gasteiger partial charge in [0.1, 0.15) is 11.5 Å². The molecule has 0 unspecified atom stereocenters. The minimum absolute atomic E-state index is 0.114. The maximum absolute atomic E-state index is 12.1. The first-order valence-electron chi connectivity index (χ1n) is 9.02. The number of hydrogen-bond acceptors (Lipinski definition) is 5. The Labute approximate surface area is 165 Å². The van der Waals surface area contributed by atoms with Crippen molar-refractivity contribution in [2.45, 2.75) is 6.42 Å². The van der Waals surface area contributed by atoms with E-state index in [-0.39, 0.29) is 24.9 Å². The minimum Gasteiger partial charge on any atom is -0.497 e. The molecule has 0 aliphatic heterocycles. The van der Waals surface area contributed by atoms with Crippen molar-refractivity contribution in [3.05, 3.63) is 54.1 Å². The highest BCUT2D eigenvalue weighted by molar-refractivity contribution is 5.92. The second kappa shape index (κ2) is 10.9. The quantitative estimate of drug-likeness (QED) is 0.653. The Hall–Kier alpha value is -3.06. The Balaban J connectivity index is 1.68. The fourth-order valence-corrected chi connectivity index (χ4v) is 2.64. The molecule has 0 saturated heterocycles. The van der Waals surface area contributed by atoms with Crippen LogP contribution in [0.3, 0.4) is 0 Å². The predicted octanol–water partition coefficient (Wildman–Crippen LogP) is 1.93. The summed E-state index contributed by atoms with van der Waals surface area (Å²) >= 11 is 0. The van der Waals surface area contributed by atoms with E-state index in [0.717, 1.165) is 17.7 Å². The summed E-state index contributed by atoms with van der Waals surface area (Å²) in [5, 5.41) is 5.66. The van der Waals surface area contributed by atoms with Gasteiger partial charge in [0.25, 0.3) is 0 Å². The third kappa shape index (κ3) is 7.28. The van der Waals surface area contributed by atoms with Gasteiger partial charge in [-0.25, -0.2) is 0 Å². The fourth-order valence-electron chi connectivity index (χ4n) is 2.64. The largest absolute Gasteiger partial charge is 0.497 e. The zero-order chi connectivity index (χ0) is 20.4. The lowest BCUT2D eigenvalue weighted by molar-refractivity contribution is -0.122. The van der Waals surface area contributed by atoms with Crippen molar-refractivity contribution in [1.82, 2.24) is 10.2 Å². The molecule has 0 heterocycles. The highest BCUT2D eigenvalue weighted by Gasteiger charge is 2.11. The van der Waals surface area contributed by atoms with Crippen LogP contribution < -0.4 is 20.1 Å². The summed E-state index contributed by atoms with van der Waals surface area (Å²) in [6.07, 6.45) is 0.732. The maximum Gasteiger partial charge on any atom is 0.238 e. The topological polar surface area (TPSA) is 79.9 Å². The molecule has 2 amide bonds. The summed E-state index contributed by atoms with van der Waals surface area (Å²) < 4.78 is 10.3. The van der Waals surface area contributed by atoms with Crippen LogP contribution in [0.1, 0.15) is 5.56 Å². The molecule has 28 heavy (non-hydrogen) atoms. The molecule has 2 aromatic rings. The van der Waals surface area contributed by atoms with Crippen molar-refractivity contribution >= 4 is 17.5 Å². The summed E-state index contributed by atoms with van der Waals surface area (Å²) in [4.78, 5) is 25.8. The van der Waals surface area contributed by atoms with Crippen molar-refractivity contribution in [2.75, 3.05) is 46.2 Å². The van der Waals surface area contributed by atoms with Gasteiger partial charge < -0.3 is 20.1 Å². The Morgan fingerprint density at radius 3 is 2.29 bits per heavy atom. The molecule has 0 bridgehead atoms. The number of amides is 2. The van der Waals surface area contributed by atoms with Gasteiger partial charge in [0, 0.05) is 18.3 Å². The lowest BCUT2D eigenvalue weighted by Gasteiger charge is -2.16. The van der Waals surface area contributed by atoms with E-state index < -0.39 is 0 Å². The first kappa shape index (κ1) is 21.2. The number of ether oxygens (including phenoxy) is 2. The standard InChI is InChI=1S/C21H27N3O4/c1-24(15-21(26)23-17-5-4-6-19(13-17)28-3)14-20(25)22-12-11-16-7-9-18(27-2)10-8-16/h4-10,13H,11-12,14-15H2,1-3H3,(H,22,25)(H,23,26). The third-order valence-electron chi connectivity index (χ3n) is 4.08. The summed E-state index contributed by atoms with van der Waals surface area (Å²) in [7, 11) is 4.93. The molecule has 0 radical (unpaired) electrons. The number of anilines is 1. The van der Waals surface area contributed by atoms with E-state index in [2.05, 4.69) is 10.6 Å². The van der Waals surface area contributed by atoms with E-state index in [0.29, 0.717) is 18.0 Å². The lowest BCUT2D eigenvalue weighted by Crippen LogP contribution is -2.39.